The summed E-state index contributed by atoms with van der Waals surface area (Å²) in [5.41, 5.74) is -0.447. The van der Waals surface area contributed by atoms with Gasteiger partial charge < -0.3 is 14.6 Å². The highest BCUT2D eigenvalue weighted by Crippen LogP contribution is 2.67. The van der Waals surface area contributed by atoms with Crippen LogP contribution >= 0.6 is 0 Å². The highest BCUT2D eigenvalue weighted by molar-refractivity contribution is 5.79. The van der Waals surface area contributed by atoms with Crippen molar-refractivity contribution >= 4 is 5.91 Å². The van der Waals surface area contributed by atoms with Gasteiger partial charge in [0, 0.05) is 23.9 Å². The first-order valence-corrected chi connectivity index (χ1v) is 10.0. The topological polar surface area (TPSA) is 86.5 Å². The molecule has 4 saturated carbocycles. The summed E-state index contributed by atoms with van der Waals surface area (Å²) in [6.45, 7) is -0.237. The Morgan fingerprint density at radius 1 is 1.16 bits per heavy atom. The summed E-state index contributed by atoms with van der Waals surface area (Å²) in [6, 6.07) is 3.34. The first-order chi connectivity index (χ1) is 15.0. The van der Waals surface area contributed by atoms with E-state index in [0.29, 0.717) is 30.7 Å². The van der Waals surface area contributed by atoms with Gasteiger partial charge in [-0.3, -0.25) is 9.53 Å². The Labute approximate surface area is 178 Å². The van der Waals surface area contributed by atoms with Gasteiger partial charge in [-0.1, -0.05) is 5.16 Å². The maximum atomic E-state index is 13.4. The molecule has 1 heterocycles. The van der Waals surface area contributed by atoms with Gasteiger partial charge in [-0.05, 0) is 37.5 Å². The first-order valence-electron chi connectivity index (χ1n) is 10.0. The van der Waals surface area contributed by atoms with Gasteiger partial charge in [-0.25, -0.2) is 8.78 Å². The number of ether oxygens (including phenoxy) is 2. The van der Waals surface area contributed by atoms with Crippen molar-refractivity contribution < 1.29 is 40.7 Å². The van der Waals surface area contributed by atoms with Crippen LogP contribution in [0.5, 0.6) is 0 Å². The number of carbonyl (C=O) groups is 1. The zero-order valence-corrected chi connectivity index (χ0v) is 16.5. The minimum Gasteiger partial charge on any atom is -0.368 e. The maximum absolute atomic E-state index is 13.4. The van der Waals surface area contributed by atoms with Crippen molar-refractivity contribution in [2.45, 2.75) is 61.6 Å². The molecule has 4 aliphatic rings. The third kappa shape index (κ3) is 3.85. The molecule has 2 bridgehead atoms. The molecule has 0 aliphatic heterocycles. The predicted octanol–water partition coefficient (Wildman–Crippen LogP) is 3.39. The van der Waals surface area contributed by atoms with Gasteiger partial charge in [0.15, 0.2) is 11.6 Å². The summed E-state index contributed by atoms with van der Waals surface area (Å²) >= 11 is 0. The molecule has 0 atom stereocenters. The van der Waals surface area contributed by atoms with Crippen LogP contribution in [0, 0.1) is 11.6 Å². The van der Waals surface area contributed by atoms with Gasteiger partial charge in [-0.15, -0.1) is 13.2 Å². The summed E-state index contributed by atoms with van der Waals surface area (Å²) in [6.07, 6.45) is -4.05. The second-order valence-electron chi connectivity index (χ2n) is 8.78. The Balaban J connectivity index is 1.08. The lowest BCUT2D eigenvalue weighted by atomic mass is 9.39. The largest absolute Gasteiger partial charge is 0.522 e. The van der Waals surface area contributed by atoms with Crippen LogP contribution in [0.25, 0.3) is 11.4 Å². The van der Waals surface area contributed by atoms with Crippen molar-refractivity contribution in [3.8, 4) is 11.4 Å². The summed E-state index contributed by atoms with van der Waals surface area (Å²) < 4.78 is 77.4. The summed E-state index contributed by atoms with van der Waals surface area (Å²) in [5, 5.41) is 6.75. The molecule has 0 radical (unpaired) electrons. The van der Waals surface area contributed by atoms with Crippen molar-refractivity contribution in [3.63, 3.8) is 0 Å². The standard InChI is InChI=1S/C20H18F5N3O4/c21-13-2-1-10(3-14(13)22)16-26-17(32-28-16)18-7-19(8-18,9-18)27-15(29)6-30-11-4-12(5-11)31-20(23,24)25/h1-3,11-12H,4-9H2,(H,27,29). The molecule has 1 amide bonds. The van der Waals surface area contributed by atoms with E-state index < -0.39 is 35.7 Å². The SMILES string of the molecule is O=C(COC1CC(OC(F)(F)F)C1)NC12CC(c3nc(-c4ccc(F)c(F)c4)no3)(C1)C2. The normalized spacial score (nSPS) is 30.8. The molecule has 32 heavy (non-hydrogen) atoms. The molecular weight excluding hydrogens is 441 g/mol. The van der Waals surface area contributed by atoms with Crippen molar-refractivity contribution in [1.29, 1.82) is 0 Å². The molecule has 0 spiro atoms. The molecule has 1 aromatic carbocycles. The number of nitrogens with one attached hydrogen (secondary N) is 1. The lowest BCUT2D eigenvalue weighted by Crippen LogP contribution is -2.77. The van der Waals surface area contributed by atoms with Crippen LogP contribution in [0.15, 0.2) is 22.7 Å². The summed E-state index contributed by atoms with van der Waals surface area (Å²) in [4.78, 5) is 16.5. The van der Waals surface area contributed by atoms with Crippen molar-refractivity contribution in [1.82, 2.24) is 15.5 Å². The average molecular weight is 459 g/mol. The molecule has 172 valence electrons. The number of halogens is 5. The Morgan fingerprint density at radius 2 is 1.88 bits per heavy atom. The number of hydrogen-bond acceptors (Lipinski definition) is 6. The Hall–Kier alpha value is -2.60. The number of carbonyl (C=O) groups excluding carboxylic acids is 1. The van der Waals surface area contributed by atoms with E-state index in [-0.39, 0.29) is 36.6 Å². The van der Waals surface area contributed by atoms with Gasteiger partial charge >= 0.3 is 6.36 Å². The molecule has 0 saturated heterocycles. The number of aromatic nitrogens is 2. The number of nitrogens with zero attached hydrogens (tertiary/aromatic N) is 2. The highest BCUT2D eigenvalue weighted by atomic mass is 19.4. The third-order valence-electron chi connectivity index (χ3n) is 6.29. The fourth-order valence-corrected chi connectivity index (χ4v) is 4.80. The minimum absolute atomic E-state index is 0.0957. The maximum Gasteiger partial charge on any atom is 0.522 e. The first kappa shape index (κ1) is 21.3. The molecule has 2 aromatic rings. The van der Waals surface area contributed by atoms with Gasteiger partial charge in [0.05, 0.1) is 17.6 Å². The van der Waals surface area contributed by atoms with E-state index in [1.165, 1.54) is 6.07 Å². The number of hydrogen-bond donors (Lipinski definition) is 1. The van der Waals surface area contributed by atoms with Crippen molar-refractivity contribution in [2.75, 3.05) is 6.61 Å². The van der Waals surface area contributed by atoms with Crippen LogP contribution < -0.4 is 5.32 Å². The highest BCUT2D eigenvalue weighted by Gasteiger charge is 2.72. The minimum atomic E-state index is -4.67. The van der Waals surface area contributed by atoms with E-state index in [2.05, 4.69) is 20.2 Å². The van der Waals surface area contributed by atoms with E-state index in [4.69, 9.17) is 9.26 Å². The van der Waals surface area contributed by atoms with Crippen LogP contribution in [-0.4, -0.2) is 46.8 Å². The Morgan fingerprint density at radius 3 is 2.53 bits per heavy atom. The van der Waals surface area contributed by atoms with Crippen LogP contribution in [0.2, 0.25) is 0 Å². The molecular formula is C20H18F5N3O4. The van der Waals surface area contributed by atoms with Gasteiger partial charge in [0.2, 0.25) is 17.6 Å². The Bertz CT molecular complexity index is 1030. The number of rotatable bonds is 7. The fraction of sp³-hybridized carbons (Fsp3) is 0.550. The van der Waals surface area contributed by atoms with Gasteiger partial charge in [0.25, 0.3) is 0 Å². The Kier molecular flexibility index (Phi) is 4.79. The van der Waals surface area contributed by atoms with E-state index in [0.717, 1.165) is 12.1 Å². The average Bonchev–Trinajstić information content (AvgIpc) is 3.10. The second-order valence-corrected chi connectivity index (χ2v) is 8.78. The third-order valence-corrected chi connectivity index (χ3v) is 6.29. The van der Waals surface area contributed by atoms with Gasteiger partial charge in [-0.2, -0.15) is 4.98 Å². The number of alkyl halides is 3. The van der Waals surface area contributed by atoms with Crippen LogP contribution in [0.3, 0.4) is 0 Å². The van der Waals surface area contributed by atoms with E-state index in [9.17, 15) is 26.7 Å². The van der Waals surface area contributed by atoms with E-state index in [1.807, 2.05) is 0 Å². The lowest BCUT2D eigenvalue weighted by molar-refractivity contribution is -0.357. The van der Waals surface area contributed by atoms with E-state index in [1.54, 1.807) is 0 Å². The number of benzene rings is 1. The van der Waals surface area contributed by atoms with Crippen LogP contribution in [-0.2, 0) is 19.7 Å². The van der Waals surface area contributed by atoms with Crippen LogP contribution in [0.4, 0.5) is 22.0 Å². The second kappa shape index (κ2) is 7.20. The predicted molar refractivity (Wildman–Crippen MR) is 96.0 cm³/mol. The molecule has 12 heteroatoms. The summed E-state index contributed by atoms with van der Waals surface area (Å²) in [7, 11) is 0. The quantitative estimate of drug-likeness (QED) is 0.639. The zero-order valence-electron chi connectivity index (χ0n) is 16.5. The van der Waals surface area contributed by atoms with Crippen molar-refractivity contribution in [2.24, 2.45) is 0 Å². The molecule has 1 N–H and O–H groups in total. The molecule has 7 nitrogen and oxygen atoms in total. The number of amides is 1. The molecule has 1 aromatic heterocycles. The van der Waals surface area contributed by atoms with Crippen molar-refractivity contribution in [3.05, 3.63) is 35.7 Å². The molecule has 4 aliphatic carbocycles. The zero-order chi connectivity index (χ0) is 22.7. The fourth-order valence-electron chi connectivity index (χ4n) is 4.80. The molecule has 4 fully saturated rings. The lowest BCUT2D eigenvalue weighted by Gasteiger charge is -2.68. The smallest absolute Gasteiger partial charge is 0.368 e. The van der Waals surface area contributed by atoms with Gasteiger partial charge in [0.1, 0.15) is 6.61 Å². The van der Waals surface area contributed by atoms with E-state index >= 15 is 0 Å². The molecule has 6 rings (SSSR count). The molecule has 0 unspecified atom stereocenters. The monoisotopic (exact) mass is 459 g/mol. The summed E-state index contributed by atoms with van der Waals surface area (Å²) in [5.74, 6) is -1.77. The van der Waals surface area contributed by atoms with Crippen LogP contribution in [0.1, 0.15) is 38.0 Å².